The lowest BCUT2D eigenvalue weighted by atomic mass is 10.2. The molecule has 2 aromatic heterocycles. The molecule has 2 aromatic rings. The third-order valence-corrected chi connectivity index (χ3v) is 5.09. The standard InChI is InChI=1S/C13H19N5O2S/c1-3-10-15-8-11(16-10)21(19,20)17-12(9-4-5-9)13-14-6-7-18(13)2/h6-9,12,17H,3-5H2,1-2H3,(H,15,16). The van der Waals surface area contributed by atoms with E-state index in [1.165, 1.54) is 6.20 Å². The van der Waals surface area contributed by atoms with E-state index in [1.807, 2.05) is 24.7 Å². The van der Waals surface area contributed by atoms with Crippen molar-refractivity contribution in [2.24, 2.45) is 13.0 Å². The summed E-state index contributed by atoms with van der Waals surface area (Å²) in [5, 5.41) is 0.110. The van der Waals surface area contributed by atoms with Crippen molar-refractivity contribution in [1.29, 1.82) is 0 Å². The Hall–Kier alpha value is -1.67. The van der Waals surface area contributed by atoms with Gasteiger partial charge in [-0.3, -0.25) is 0 Å². The molecule has 1 aliphatic carbocycles. The first-order valence-electron chi connectivity index (χ1n) is 7.04. The normalized spacial score (nSPS) is 17.0. The molecule has 114 valence electrons. The average molecular weight is 309 g/mol. The first-order valence-corrected chi connectivity index (χ1v) is 8.53. The Kier molecular flexibility index (Phi) is 3.58. The third-order valence-electron chi connectivity index (χ3n) is 3.74. The SMILES string of the molecule is CCc1ncc(S(=O)(=O)NC(c2nccn2C)C2CC2)[nH]1. The van der Waals surface area contributed by atoms with Crippen molar-refractivity contribution >= 4 is 10.0 Å². The lowest BCUT2D eigenvalue weighted by Crippen LogP contribution is -2.32. The van der Waals surface area contributed by atoms with Crippen LogP contribution in [0.4, 0.5) is 0 Å². The Labute approximate surface area is 123 Å². The molecule has 0 amide bonds. The highest BCUT2D eigenvalue weighted by Crippen LogP contribution is 2.41. The van der Waals surface area contributed by atoms with Gasteiger partial charge in [-0.2, -0.15) is 4.72 Å². The quantitative estimate of drug-likeness (QED) is 0.836. The molecule has 0 saturated heterocycles. The molecule has 8 heteroatoms. The number of H-pyrrole nitrogens is 1. The van der Waals surface area contributed by atoms with Crippen LogP contribution in [0.15, 0.2) is 23.6 Å². The zero-order valence-corrected chi connectivity index (χ0v) is 12.9. The maximum atomic E-state index is 12.5. The van der Waals surface area contributed by atoms with Crippen LogP contribution in [0.5, 0.6) is 0 Å². The Balaban J connectivity index is 1.87. The fourth-order valence-electron chi connectivity index (χ4n) is 2.36. The number of aryl methyl sites for hydroxylation is 2. The maximum absolute atomic E-state index is 12.5. The Morgan fingerprint density at radius 1 is 1.48 bits per heavy atom. The van der Waals surface area contributed by atoms with Crippen LogP contribution in [-0.4, -0.2) is 27.9 Å². The number of aromatic amines is 1. The molecule has 1 atom stereocenters. The fraction of sp³-hybridized carbons (Fsp3) is 0.538. The van der Waals surface area contributed by atoms with E-state index in [9.17, 15) is 8.42 Å². The van der Waals surface area contributed by atoms with E-state index in [4.69, 9.17) is 0 Å². The summed E-state index contributed by atoms with van der Waals surface area (Å²) in [4.78, 5) is 11.2. The van der Waals surface area contributed by atoms with Crippen molar-refractivity contribution in [2.75, 3.05) is 0 Å². The van der Waals surface area contributed by atoms with Crippen molar-refractivity contribution < 1.29 is 8.42 Å². The number of imidazole rings is 2. The smallest absolute Gasteiger partial charge is 0.258 e. The number of rotatable bonds is 6. The minimum Gasteiger partial charge on any atom is -0.337 e. The van der Waals surface area contributed by atoms with Gasteiger partial charge >= 0.3 is 0 Å². The van der Waals surface area contributed by atoms with Gasteiger partial charge in [0, 0.05) is 25.9 Å². The molecule has 1 unspecified atom stereocenters. The number of aromatic nitrogens is 4. The molecule has 0 radical (unpaired) electrons. The summed E-state index contributed by atoms with van der Waals surface area (Å²) in [6.07, 6.45) is 7.58. The van der Waals surface area contributed by atoms with Gasteiger partial charge in [0.1, 0.15) is 11.6 Å². The molecule has 2 N–H and O–H groups in total. The van der Waals surface area contributed by atoms with Crippen molar-refractivity contribution in [2.45, 2.75) is 37.3 Å². The monoisotopic (exact) mass is 309 g/mol. The van der Waals surface area contributed by atoms with Crippen LogP contribution in [0.3, 0.4) is 0 Å². The summed E-state index contributed by atoms with van der Waals surface area (Å²) in [6, 6.07) is -0.289. The van der Waals surface area contributed by atoms with E-state index in [2.05, 4.69) is 19.7 Å². The zero-order chi connectivity index (χ0) is 15.0. The van der Waals surface area contributed by atoms with Gasteiger partial charge in [-0.1, -0.05) is 6.92 Å². The highest BCUT2D eigenvalue weighted by Gasteiger charge is 2.38. The van der Waals surface area contributed by atoms with Crippen LogP contribution >= 0.6 is 0 Å². The third kappa shape index (κ3) is 2.86. The predicted molar refractivity (Wildman–Crippen MR) is 77.0 cm³/mol. The average Bonchev–Trinajstić information content (AvgIpc) is 3.00. The van der Waals surface area contributed by atoms with Crippen LogP contribution in [0.25, 0.3) is 0 Å². The van der Waals surface area contributed by atoms with Crippen LogP contribution in [-0.2, 0) is 23.5 Å². The van der Waals surface area contributed by atoms with Gasteiger partial charge in [-0.05, 0) is 18.8 Å². The van der Waals surface area contributed by atoms with E-state index in [0.29, 0.717) is 18.2 Å². The second-order valence-corrected chi connectivity index (χ2v) is 7.06. The largest absolute Gasteiger partial charge is 0.337 e. The number of nitrogens with one attached hydrogen (secondary N) is 2. The van der Waals surface area contributed by atoms with Gasteiger partial charge < -0.3 is 9.55 Å². The van der Waals surface area contributed by atoms with Gasteiger partial charge in [0.2, 0.25) is 0 Å². The van der Waals surface area contributed by atoms with Gasteiger partial charge in [-0.15, -0.1) is 0 Å². The van der Waals surface area contributed by atoms with Crippen molar-refractivity contribution in [3.63, 3.8) is 0 Å². The molecular weight excluding hydrogens is 290 g/mol. The summed E-state index contributed by atoms with van der Waals surface area (Å²) in [5.74, 6) is 1.72. The molecular formula is C13H19N5O2S. The lowest BCUT2D eigenvalue weighted by molar-refractivity contribution is 0.498. The number of sulfonamides is 1. The number of hydrogen-bond acceptors (Lipinski definition) is 4. The molecule has 0 spiro atoms. The summed E-state index contributed by atoms with van der Waals surface area (Å²) >= 11 is 0. The fourth-order valence-corrected chi connectivity index (χ4v) is 3.56. The molecule has 0 bridgehead atoms. The Morgan fingerprint density at radius 2 is 2.24 bits per heavy atom. The molecule has 3 rings (SSSR count). The molecule has 2 heterocycles. The maximum Gasteiger partial charge on any atom is 0.258 e. The summed E-state index contributed by atoms with van der Waals surface area (Å²) in [5.41, 5.74) is 0. The van der Waals surface area contributed by atoms with Crippen LogP contribution < -0.4 is 4.72 Å². The molecule has 0 aliphatic heterocycles. The summed E-state index contributed by atoms with van der Waals surface area (Å²) < 4.78 is 29.6. The Morgan fingerprint density at radius 3 is 2.76 bits per heavy atom. The van der Waals surface area contributed by atoms with Crippen LogP contribution in [0.1, 0.15) is 37.5 Å². The predicted octanol–water partition coefficient (Wildman–Crippen LogP) is 1.14. The first-order chi connectivity index (χ1) is 10.0. The lowest BCUT2D eigenvalue weighted by Gasteiger charge is -2.17. The summed E-state index contributed by atoms with van der Waals surface area (Å²) in [6.45, 7) is 1.92. The number of nitrogens with zero attached hydrogens (tertiary/aromatic N) is 3. The van der Waals surface area contributed by atoms with Crippen molar-refractivity contribution in [3.05, 3.63) is 30.2 Å². The van der Waals surface area contributed by atoms with E-state index in [1.54, 1.807) is 6.20 Å². The number of hydrogen-bond donors (Lipinski definition) is 2. The first kappa shape index (κ1) is 14.3. The van der Waals surface area contributed by atoms with Gasteiger partial charge in [0.05, 0.1) is 12.2 Å². The molecule has 7 nitrogen and oxygen atoms in total. The van der Waals surface area contributed by atoms with E-state index in [-0.39, 0.29) is 11.1 Å². The van der Waals surface area contributed by atoms with Crippen LogP contribution in [0.2, 0.25) is 0 Å². The van der Waals surface area contributed by atoms with Gasteiger partial charge in [-0.25, -0.2) is 18.4 Å². The molecule has 1 saturated carbocycles. The topological polar surface area (TPSA) is 92.7 Å². The second-order valence-electron chi connectivity index (χ2n) is 5.38. The second kappa shape index (κ2) is 5.27. The minimum atomic E-state index is -3.62. The highest BCUT2D eigenvalue weighted by atomic mass is 32.2. The zero-order valence-electron chi connectivity index (χ0n) is 12.1. The highest BCUT2D eigenvalue weighted by molar-refractivity contribution is 7.89. The minimum absolute atomic E-state index is 0.110. The Bertz CT molecular complexity index is 729. The molecule has 1 aliphatic rings. The molecule has 0 aromatic carbocycles. The van der Waals surface area contributed by atoms with Crippen molar-refractivity contribution in [3.8, 4) is 0 Å². The van der Waals surface area contributed by atoms with E-state index >= 15 is 0 Å². The molecule has 1 fully saturated rings. The van der Waals surface area contributed by atoms with Crippen molar-refractivity contribution in [1.82, 2.24) is 24.2 Å². The van der Waals surface area contributed by atoms with E-state index in [0.717, 1.165) is 18.7 Å². The summed E-state index contributed by atoms with van der Waals surface area (Å²) in [7, 11) is -1.75. The van der Waals surface area contributed by atoms with Gasteiger partial charge in [0.15, 0.2) is 5.03 Å². The molecule has 21 heavy (non-hydrogen) atoms. The van der Waals surface area contributed by atoms with Crippen LogP contribution in [0, 0.1) is 5.92 Å². The van der Waals surface area contributed by atoms with Gasteiger partial charge in [0.25, 0.3) is 10.0 Å². The van der Waals surface area contributed by atoms with E-state index < -0.39 is 10.0 Å².